The van der Waals surface area contributed by atoms with Gasteiger partial charge in [-0.15, -0.1) is 0 Å². The lowest BCUT2D eigenvalue weighted by Crippen LogP contribution is -2.39. The Balaban J connectivity index is 1.85. The third-order valence-electron chi connectivity index (χ3n) is 2.30. The number of ether oxygens (including phenoxy) is 2. The Morgan fingerprint density at radius 3 is 3.14 bits per heavy atom. The van der Waals surface area contributed by atoms with Crippen LogP contribution < -0.4 is 0 Å². The van der Waals surface area contributed by atoms with Crippen LogP contribution in [0.4, 0.5) is 0 Å². The molecule has 2 heterocycles. The fraction of sp³-hybridized carbons (Fsp3) is 0.600. The predicted octanol–water partition coefficient (Wildman–Crippen LogP) is 1.07. The summed E-state index contributed by atoms with van der Waals surface area (Å²) >= 11 is 1.65. The zero-order valence-electron chi connectivity index (χ0n) is 7.89. The van der Waals surface area contributed by atoms with Gasteiger partial charge in [0.15, 0.2) is 0 Å². The molecule has 1 saturated heterocycles. The molecule has 4 heteroatoms. The van der Waals surface area contributed by atoms with Gasteiger partial charge in [-0.2, -0.15) is 11.3 Å². The monoisotopic (exact) mass is 214 g/mol. The van der Waals surface area contributed by atoms with Crippen molar-refractivity contribution in [2.24, 2.45) is 0 Å². The fourth-order valence-corrected chi connectivity index (χ4v) is 2.19. The highest BCUT2D eigenvalue weighted by Crippen LogP contribution is 2.13. The minimum atomic E-state index is -0.454. The Morgan fingerprint density at radius 1 is 1.57 bits per heavy atom. The summed E-state index contributed by atoms with van der Waals surface area (Å²) in [5, 5.41) is 13.9. The smallest absolute Gasteiger partial charge is 0.107 e. The van der Waals surface area contributed by atoms with Gasteiger partial charge in [-0.25, -0.2) is 0 Å². The zero-order chi connectivity index (χ0) is 9.80. The van der Waals surface area contributed by atoms with Gasteiger partial charge in [0, 0.05) is 6.42 Å². The van der Waals surface area contributed by atoms with E-state index in [9.17, 15) is 5.11 Å². The van der Waals surface area contributed by atoms with Crippen molar-refractivity contribution in [1.29, 1.82) is 0 Å². The number of hydrogen-bond donors (Lipinski definition) is 1. The summed E-state index contributed by atoms with van der Waals surface area (Å²) in [6.07, 6.45) is 0.0332. The van der Waals surface area contributed by atoms with E-state index >= 15 is 0 Å². The maximum atomic E-state index is 9.85. The largest absolute Gasteiger partial charge is 0.390 e. The summed E-state index contributed by atoms with van der Waals surface area (Å²) in [6, 6.07) is 2.03. The molecular weight excluding hydrogens is 200 g/mol. The SMILES string of the molecule is OC(Cc1ccsc1)C1COCCO1. The van der Waals surface area contributed by atoms with Gasteiger partial charge >= 0.3 is 0 Å². The van der Waals surface area contributed by atoms with Crippen LogP contribution in [0.1, 0.15) is 5.56 Å². The van der Waals surface area contributed by atoms with E-state index in [1.807, 2.05) is 16.8 Å². The molecule has 0 saturated carbocycles. The molecule has 3 nitrogen and oxygen atoms in total. The molecular formula is C10H14O3S. The number of aliphatic hydroxyl groups excluding tert-OH is 1. The van der Waals surface area contributed by atoms with E-state index in [0.717, 1.165) is 5.56 Å². The van der Waals surface area contributed by atoms with Crippen LogP contribution in [0.25, 0.3) is 0 Å². The molecule has 2 rings (SSSR count). The molecule has 1 N–H and O–H groups in total. The number of hydrogen-bond acceptors (Lipinski definition) is 4. The van der Waals surface area contributed by atoms with Crippen molar-refractivity contribution in [2.75, 3.05) is 19.8 Å². The quantitative estimate of drug-likeness (QED) is 0.818. The highest BCUT2D eigenvalue weighted by atomic mass is 32.1. The van der Waals surface area contributed by atoms with Crippen LogP contribution >= 0.6 is 11.3 Å². The molecule has 78 valence electrons. The molecule has 1 fully saturated rings. The highest BCUT2D eigenvalue weighted by Gasteiger charge is 2.23. The third kappa shape index (κ3) is 2.54. The van der Waals surface area contributed by atoms with E-state index in [4.69, 9.17) is 9.47 Å². The number of aliphatic hydroxyl groups is 1. The van der Waals surface area contributed by atoms with Gasteiger partial charge in [0.25, 0.3) is 0 Å². The summed E-state index contributed by atoms with van der Waals surface area (Å²) in [5.74, 6) is 0. The molecule has 1 aromatic rings. The molecule has 0 bridgehead atoms. The Labute approximate surface area is 87.3 Å². The van der Waals surface area contributed by atoms with E-state index < -0.39 is 6.10 Å². The summed E-state index contributed by atoms with van der Waals surface area (Å²) in [6.45, 7) is 1.73. The third-order valence-corrected chi connectivity index (χ3v) is 3.03. The first-order chi connectivity index (χ1) is 6.86. The Hall–Kier alpha value is -0.420. The van der Waals surface area contributed by atoms with Crippen LogP contribution in [0, 0.1) is 0 Å². The van der Waals surface area contributed by atoms with Gasteiger partial charge in [0.2, 0.25) is 0 Å². The maximum absolute atomic E-state index is 9.85. The average Bonchev–Trinajstić information content (AvgIpc) is 2.72. The van der Waals surface area contributed by atoms with Crippen LogP contribution in [-0.2, 0) is 15.9 Å². The van der Waals surface area contributed by atoms with E-state index in [-0.39, 0.29) is 6.10 Å². The lowest BCUT2D eigenvalue weighted by Gasteiger charge is -2.26. The van der Waals surface area contributed by atoms with Crippen LogP contribution in [0.2, 0.25) is 0 Å². The lowest BCUT2D eigenvalue weighted by atomic mass is 10.1. The molecule has 2 atom stereocenters. The van der Waals surface area contributed by atoms with Crippen molar-refractivity contribution >= 4 is 11.3 Å². The Bertz CT molecular complexity index is 254. The average molecular weight is 214 g/mol. The summed E-state index contributed by atoms with van der Waals surface area (Å²) in [7, 11) is 0. The number of rotatable bonds is 3. The Kier molecular flexibility index (Phi) is 3.53. The second-order valence-electron chi connectivity index (χ2n) is 3.39. The summed E-state index contributed by atoms with van der Waals surface area (Å²) in [5.41, 5.74) is 1.16. The van der Waals surface area contributed by atoms with E-state index in [1.165, 1.54) is 0 Å². The van der Waals surface area contributed by atoms with Gasteiger partial charge in [-0.05, 0) is 22.4 Å². The first-order valence-corrected chi connectivity index (χ1v) is 5.69. The van der Waals surface area contributed by atoms with Crippen molar-refractivity contribution in [1.82, 2.24) is 0 Å². The molecule has 1 aromatic heterocycles. The van der Waals surface area contributed by atoms with Gasteiger partial charge in [0.1, 0.15) is 6.10 Å². The van der Waals surface area contributed by atoms with E-state index in [2.05, 4.69) is 0 Å². The van der Waals surface area contributed by atoms with Gasteiger partial charge in [-0.1, -0.05) is 0 Å². The van der Waals surface area contributed by atoms with Gasteiger partial charge in [0.05, 0.1) is 25.9 Å². The molecule has 1 aliphatic rings. The summed E-state index contributed by atoms with van der Waals surface area (Å²) < 4.78 is 10.7. The van der Waals surface area contributed by atoms with E-state index in [1.54, 1.807) is 11.3 Å². The predicted molar refractivity (Wildman–Crippen MR) is 54.6 cm³/mol. The lowest BCUT2D eigenvalue weighted by molar-refractivity contribution is -0.131. The normalized spacial score (nSPS) is 24.8. The summed E-state index contributed by atoms with van der Waals surface area (Å²) in [4.78, 5) is 0. The van der Waals surface area contributed by atoms with Gasteiger partial charge < -0.3 is 14.6 Å². The second kappa shape index (κ2) is 4.89. The van der Waals surface area contributed by atoms with Crippen LogP contribution in [0.3, 0.4) is 0 Å². The molecule has 0 aliphatic carbocycles. The number of thiophene rings is 1. The molecule has 1 aliphatic heterocycles. The molecule has 0 aromatic carbocycles. The molecule has 14 heavy (non-hydrogen) atoms. The zero-order valence-corrected chi connectivity index (χ0v) is 8.70. The molecule has 0 spiro atoms. The molecule has 0 radical (unpaired) electrons. The first kappa shape index (κ1) is 10.1. The van der Waals surface area contributed by atoms with Gasteiger partial charge in [-0.3, -0.25) is 0 Å². The second-order valence-corrected chi connectivity index (χ2v) is 4.17. The van der Waals surface area contributed by atoms with E-state index in [0.29, 0.717) is 26.2 Å². The van der Waals surface area contributed by atoms with Crippen LogP contribution in [0.15, 0.2) is 16.8 Å². The first-order valence-electron chi connectivity index (χ1n) is 4.75. The Morgan fingerprint density at radius 2 is 2.50 bits per heavy atom. The van der Waals surface area contributed by atoms with Crippen molar-refractivity contribution in [3.05, 3.63) is 22.4 Å². The minimum absolute atomic E-state index is 0.163. The minimum Gasteiger partial charge on any atom is -0.390 e. The van der Waals surface area contributed by atoms with Crippen molar-refractivity contribution in [3.63, 3.8) is 0 Å². The van der Waals surface area contributed by atoms with Crippen molar-refractivity contribution in [2.45, 2.75) is 18.6 Å². The van der Waals surface area contributed by atoms with Crippen LogP contribution in [-0.4, -0.2) is 37.1 Å². The molecule has 0 amide bonds. The van der Waals surface area contributed by atoms with Crippen molar-refractivity contribution < 1.29 is 14.6 Å². The van der Waals surface area contributed by atoms with Crippen molar-refractivity contribution in [3.8, 4) is 0 Å². The maximum Gasteiger partial charge on any atom is 0.107 e. The topological polar surface area (TPSA) is 38.7 Å². The highest BCUT2D eigenvalue weighted by molar-refractivity contribution is 7.07. The fourth-order valence-electron chi connectivity index (χ4n) is 1.51. The van der Waals surface area contributed by atoms with Crippen LogP contribution in [0.5, 0.6) is 0 Å². The molecule has 2 unspecified atom stereocenters. The standard InChI is InChI=1S/C10H14O3S/c11-9(5-8-1-4-14-7-8)10-6-12-2-3-13-10/h1,4,7,9-11H,2-3,5-6H2.